The van der Waals surface area contributed by atoms with E-state index in [1.165, 1.54) is 38.6 Å². The van der Waals surface area contributed by atoms with Crippen LogP contribution in [0, 0.1) is 0 Å². The van der Waals surface area contributed by atoms with Crippen LogP contribution in [-0.2, 0) is 0 Å². The van der Waals surface area contributed by atoms with Gasteiger partial charge in [0.2, 0.25) is 0 Å². The molecule has 0 aromatic heterocycles. The standard InChI is InChI=1S/C15H30N2O/c1-3-10-17(13-7-8-13)14-6-5-9-15(11-14,12-18)16-4-2/h13-14,16,18H,3-12H2,1-2H3. The van der Waals surface area contributed by atoms with Gasteiger partial charge in [0.1, 0.15) is 0 Å². The van der Waals surface area contributed by atoms with Crippen LogP contribution in [-0.4, -0.2) is 47.3 Å². The van der Waals surface area contributed by atoms with Gasteiger partial charge in [-0.3, -0.25) is 4.90 Å². The van der Waals surface area contributed by atoms with Gasteiger partial charge in [-0.1, -0.05) is 13.8 Å². The van der Waals surface area contributed by atoms with Gasteiger partial charge < -0.3 is 10.4 Å². The van der Waals surface area contributed by atoms with Crippen LogP contribution in [0.3, 0.4) is 0 Å². The molecule has 0 aliphatic heterocycles. The van der Waals surface area contributed by atoms with Gasteiger partial charge in [0, 0.05) is 17.6 Å². The molecule has 0 radical (unpaired) electrons. The lowest BCUT2D eigenvalue weighted by atomic mass is 9.78. The monoisotopic (exact) mass is 254 g/mol. The topological polar surface area (TPSA) is 35.5 Å². The molecular formula is C15H30N2O. The zero-order valence-electron chi connectivity index (χ0n) is 12.1. The summed E-state index contributed by atoms with van der Waals surface area (Å²) in [5.41, 5.74) is -0.00144. The summed E-state index contributed by atoms with van der Waals surface area (Å²) in [6.07, 6.45) is 8.88. The minimum atomic E-state index is -0.00144. The number of aliphatic hydroxyl groups is 1. The Hall–Kier alpha value is -0.120. The van der Waals surface area contributed by atoms with E-state index in [4.69, 9.17) is 0 Å². The van der Waals surface area contributed by atoms with Crippen molar-refractivity contribution in [2.75, 3.05) is 19.7 Å². The first-order valence-electron chi connectivity index (χ1n) is 7.86. The molecule has 2 unspecified atom stereocenters. The molecule has 2 fully saturated rings. The van der Waals surface area contributed by atoms with Gasteiger partial charge in [-0.2, -0.15) is 0 Å². The number of hydrogen-bond donors (Lipinski definition) is 2. The van der Waals surface area contributed by atoms with Gasteiger partial charge in [-0.15, -0.1) is 0 Å². The molecule has 0 spiro atoms. The summed E-state index contributed by atoms with van der Waals surface area (Å²) in [6, 6.07) is 1.54. The molecule has 0 saturated heterocycles. The first kappa shape index (κ1) is 14.3. The molecule has 2 saturated carbocycles. The average molecular weight is 254 g/mol. The van der Waals surface area contributed by atoms with Crippen molar-refractivity contribution in [3.8, 4) is 0 Å². The molecule has 0 bridgehead atoms. The zero-order chi connectivity index (χ0) is 13.0. The maximum atomic E-state index is 9.78. The highest BCUT2D eigenvalue weighted by Gasteiger charge is 2.41. The fourth-order valence-electron chi connectivity index (χ4n) is 3.68. The second kappa shape index (κ2) is 6.36. The normalized spacial score (nSPS) is 33.0. The number of rotatable bonds is 7. The summed E-state index contributed by atoms with van der Waals surface area (Å²) >= 11 is 0. The maximum Gasteiger partial charge on any atom is 0.0613 e. The van der Waals surface area contributed by atoms with Crippen LogP contribution in [0.4, 0.5) is 0 Å². The van der Waals surface area contributed by atoms with Gasteiger partial charge in [0.05, 0.1) is 6.61 Å². The SMILES string of the molecule is CCCN(C1CC1)C1CCCC(CO)(NCC)C1. The molecule has 0 heterocycles. The Morgan fingerprint density at radius 3 is 2.56 bits per heavy atom. The number of aliphatic hydroxyl groups excluding tert-OH is 1. The molecule has 0 amide bonds. The molecule has 3 nitrogen and oxygen atoms in total. The number of nitrogens with zero attached hydrogens (tertiary/aromatic N) is 1. The minimum Gasteiger partial charge on any atom is -0.394 e. The van der Waals surface area contributed by atoms with E-state index >= 15 is 0 Å². The number of hydrogen-bond acceptors (Lipinski definition) is 3. The minimum absolute atomic E-state index is 0.00144. The van der Waals surface area contributed by atoms with Crippen molar-refractivity contribution in [1.29, 1.82) is 0 Å². The quantitative estimate of drug-likeness (QED) is 0.731. The highest BCUT2D eigenvalue weighted by molar-refractivity contribution is 4.99. The third kappa shape index (κ3) is 3.25. The van der Waals surface area contributed by atoms with Crippen molar-refractivity contribution in [1.82, 2.24) is 10.2 Å². The molecule has 2 aliphatic carbocycles. The van der Waals surface area contributed by atoms with Crippen LogP contribution in [0.15, 0.2) is 0 Å². The second-order valence-corrected chi connectivity index (χ2v) is 6.19. The van der Waals surface area contributed by atoms with Crippen LogP contribution in [0.25, 0.3) is 0 Å². The van der Waals surface area contributed by atoms with Crippen molar-refractivity contribution in [2.45, 2.75) is 76.4 Å². The predicted octanol–water partition coefficient (Wildman–Crippen LogP) is 2.14. The van der Waals surface area contributed by atoms with Crippen LogP contribution < -0.4 is 5.32 Å². The lowest BCUT2D eigenvalue weighted by Crippen LogP contribution is -2.56. The summed E-state index contributed by atoms with van der Waals surface area (Å²) in [6.45, 7) is 6.92. The van der Waals surface area contributed by atoms with Crippen molar-refractivity contribution in [2.24, 2.45) is 0 Å². The summed E-state index contributed by atoms with van der Waals surface area (Å²) in [7, 11) is 0. The fraction of sp³-hybridized carbons (Fsp3) is 1.00. The van der Waals surface area contributed by atoms with Gasteiger partial charge >= 0.3 is 0 Å². The van der Waals surface area contributed by atoms with E-state index in [0.29, 0.717) is 12.6 Å². The molecule has 0 aromatic carbocycles. The summed E-state index contributed by atoms with van der Waals surface area (Å²) in [5, 5.41) is 13.3. The van der Waals surface area contributed by atoms with Crippen molar-refractivity contribution >= 4 is 0 Å². The highest BCUT2D eigenvalue weighted by Crippen LogP contribution is 2.37. The summed E-state index contributed by atoms with van der Waals surface area (Å²) in [4.78, 5) is 2.74. The first-order chi connectivity index (χ1) is 8.74. The summed E-state index contributed by atoms with van der Waals surface area (Å²) in [5.74, 6) is 0. The molecule has 0 aromatic rings. The van der Waals surface area contributed by atoms with Crippen LogP contribution in [0.5, 0.6) is 0 Å². The maximum absolute atomic E-state index is 9.78. The molecule has 2 aliphatic rings. The van der Waals surface area contributed by atoms with Crippen molar-refractivity contribution < 1.29 is 5.11 Å². The Morgan fingerprint density at radius 1 is 1.22 bits per heavy atom. The Balaban J connectivity index is 1.99. The molecule has 2 N–H and O–H groups in total. The lowest BCUT2D eigenvalue weighted by Gasteiger charge is -2.44. The van der Waals surface area contributed by atoms with E-state index in [1.807, 2.05) is 0 Å². The van der Waals surface area contributed by atoms with Crippen molar-refractivity contribution in [3.05, 3.63) is 0 Å². The number of likely N-dealkylation sites (N-methyl/N-ethyl adjacent to an activating group) is 1. The van der Waals surface area contributed by atoms with E-state index in [-0.39, 0.29) is 5.54 Å². The molecule has 3 heteroatoms. The largest absolute Gasteiger partial charge is 0.394 e. The van der Waals surface area contributed by atoms with E-state index in [9.17, 15) is 5.11 Å². The zero-order valence-corrected chi connectivity index (χ0v) is 12.1. The van der Waals surface area contributed by atoms with E-state index in [1.54, 1.807) is 0 Å². The van der Waals surface area contributed by atoms with E-state index in [2.05, 4.69) is 24.1 Å². The smallest absolute Gasteiger partial charge is 0.0613 e. The third-order valence-corrected chi connectivity index (χ3v) is 4.64. The molecule has 2 rings (SSSR count). The van der Waals surface area contributed by atoms with Gasteiger partial charge in [-0.25, -0.2) is 0 Å². The predicted molar refractivity (Wildman–Crippen MR) is 75.8 cm³/mol. The van der Waals surface area contributed by atoms with Gasteiger partial charge in [0.25, 0.3) is 0 Å². The second-order valence-electron chi connectivity index (χ2n) is 6.19. The summed E-state index contributed by atoms with van der Waals surface area (Å²) < 4.78 is 0. The highest BCUT2D eigenvalue weighted by atomic mass is 16.3. The van der Waals surface area contributed by atoms with Gasteiger partial charge in [-0.05, 0) is 58.0 Å². The Morgan fingerprint density at radius 2 is 2.00 bits per heavy atom. The molecule has 2 atom stereocenters. The molecule has 106 valence electrons. The van der Waals surface area contributed by atoms with Crippen LogP contribution in [0.2, 0.25) is 0 Å². The third-order valence-electron chi connectivity index (χ3n) is 4.64. The Bertz CT molecular complexity index is 251. The number of nitrogens with one attached hydrogen (secondary N) is 1. The van der Waals surface area contributed by atoms with E-state index in [0.717, 1.165) is 25.4 Å². The average Bonchev–Trinajstić information content (AvgIpc) is 3.21. The molecule has 18 heavy (non-hydrogen) atoms. The van der Waals surface area contributed by atoms with E-state index < -0.39 is 0 Å². The lowest BCUT2D eigenvalue weighted by molar-refractivity contribution is 0.0563. The Kier molecular flexibility index (Phi) is 5.05. The first-order valence-corrected chi connectivity index (χ1v) is 7.86. The van der Waals surface area contributed by atoms with Crippen LogP contribution >= 0.6 is 0 Å². The van der Waals surface area contributed by atoms with Crippen molar-refractivity contribution in [3.63, 3.8) is 0 Å². The fourth-order valence-corrected chi connectivity index (χ4v) is 3.68. The molecular weight excluding hydrogens is 224 g/mol. The Labute approximate surface area is 112 Å². The van der Waals surface area contributed by atoms with Crippen LogP contribution in [0.1, 0.15) is 58.8 Å². The van der Waals surface area contributed by atoms with Gasteiger partial charge in [0.15, 0.2) is 0 Å².